The second kappa shape index (κ2) is 9.84. The third kappa shape index (κ3) is 4.37. The van der Waals surface area contributed by atoms with E-state index in [9.17, 15) is 4.79 Å². The van der Waals surface area contributed by atoms with Crippen LogP contribution in [0.3, 0.4) is 0 Å². The molecule has 0 amide bonds. The van der Waals surface area contributed by atoms with Crippen molar-refractivity contribution in [2.75, 3.05) is 19.0 Å². The van der Waals surface area contributed by atoms with Crippen molar-refractivity contribution in [3.8, 4) is 17.2 Å². The second-order valence-corrected chi connectivity index (χ2v) is 9.18. The smallest absolute Gasteiger partial charge is 0.267 e. The number of benzene rings is 3. The normalized spacial score (nSPS) is 11.3. The van der Waals surface area contributed by atoms with E-state index in [0.29, 0.717) is 35.3 Å². The zero-order valence-corrected chi connectivity index (χ0v) is 20.7. The molecular formula is C27H26N4O3S. The van der Waals surface area contributed by atoms with Crippen molar-refractivity contribution in [3.05, 3.63) is 88.2 Å². The number of thioether (sulfide) groups is 1. The first kappa shape index (κ1) is 23.0. The van der Waals surface area contributed by atoms with Gasteiger partial charge in [0.2, 0.25) is 5.78 Å². The van der Waals surface area contributed by atoms with Crippen LogP contribution in [0.4, 0.5) is 0 Å². The molecule has 2 heterocycles. The highest BCUT2D eigenvalue weighted by atomic mass is 32.2. The number of fused-ring (bicyclic) bond motifs is 3. The number of aryl methyl sites for hydroxylation is 2. The Kier molecular flexibility index (Phi) is 6.46. The first-order chi connectivity index (χ1) is 17.1. The van der Waals surface area contributed by atoms with Crippen LogP contribution in [0.5, 0.6) is 11.5 Å². The summed E-state index contributed by atoms with van der Waals surface area (Å²) < 4.78 is 15.0. The fourth-order valence-corrected chi connectivity index (χ4v) is 4.98. The van der Waals surface area contributed by atoms with E-state index in [-0.39, 0.29) is 5.56 Å². The fraction of sp³-hybridized carbons (Fsp3) is 0.222. The molecule has 0 saturated carbocycles. The SMILES string of the molecule is CCOc1ccc(OCCSc2nnc3n(-c4c(C)cccc4C)c(=O)c4ccccc4n23)cc1. The molecule has 0 N–H and O–H groups in total. The number of nitrogens with zero attached hydrogens (tertiary/aromatic N) is 4. The molecule has 0 radical (unpaired) electrons. The Balaban J connectivity index is 1.47. The van der Waals surface area contributed by atoms with Gasteiger partial charge >= 0.3 is 0 Å². The van der Waals surface area contributed by atoms with Gasteiger partial charge in [0.1, 0.15) is 11.5 Å². The molecule has 3 aromatic carbocycles. The molecule has 0 unspecified atom stereocenters. The lowest BCUT2D eigenvalue weighted by atomic mass is 10.1. The van der Waals surface area contributed by atoms with Crippen LogP contribution in [0.1, 0.15) is 18.1 Å². The molecule has 0 bridgehead atoms. The highest BCUT2D eigenvalue weighted by molar-refractivity contribution is 7.99. The van der Waals surface area contributed by atoms with Crippen LogP contribution in [0.2, 0.25) is 0 Å². The lowest BCUT2D eigenvalue weighted by Crippen LogP contribution is -2.23. The van der Waals surface area contributed by atoms with Gasteiger partial charge in [-0.3, -0.25) is 9.20 Å². The molecule has 5 rings (SSSR count). The molecule has 0 saturated heterocycles. The van der Waals surface area contributed by atoms with Crippen molar-refractivity contribution >= 4 is 28.4 Å². The molecule has 0 aliphatic carbocycles. The van der Waals surface area contributed by atoms with E-state index in [1.165, 1.54) is 0 Å². The number of hydrogen-bond acceptors (Lipinski definition) is 6. The van der Waals surface area contributed by atoms with Gasteiger partial charge in [-0.25, -0.2) is 4.57 Å². The molecule has 8 heteroatoms. The van der Waals surface area contributed by atoms with Crippen LogP contribution in [-0.4, -0.2) is 38.1 Å². The maximum absolute atomic E-state index is 13.6. The summed E-state index contributed by atoms with van der Waals surface area (Å²) in [5.41, 5.74) is 3.54. The largest absolute Gasteiger partial charge is 0.494 e. The fourth-order valence-electron chi connectivity index (χ4n) is 4.22. The zero-order chi connectivity index (χ0) is 24.4. The lowest BCUT2D eigenvalue weighted by molar-refractivity contribution is 0.332. The molecule has 7 nitrogen and oxygen atoms in total. The van der Waals surface area contributed by atoms with E-state index in [0.717, 1.165) is 33.8 Å². The molecule has 0 aliphatic rings. The molecule has 35 heavy (non-hydrogen) atoms. The summed E-state index contributed by atoms with van der Waals surface area (Å²) >= 11 is 1.54. The van der Waals surface area contributed by atoms with Crippen molar-refractivity contribution in [2.24, 2.45) is 0 Å². The highest BCUT2D eigenvalue weighted by Gasteiger charge is 2.19. The van der Waals surface area contributed by atoms with E-state index in [1.807, 2.05) is 91.9 Å². The third-order valence-corrected chi connectivity index (χ3v) is 6.67. The molecule has 0 aliphatic heterocycles. The van der Waals surface area contributed by atoms with Crippen molar-refractivity contribution in [1.82, 2.24) is 19.2 Å². The van der Waals surface area contributed by atoms with E-state index in [2.05, 4.69) is 10.2 Å². The number of rotatable bonds is 8. The summed E-state index contributed by atoms with van der Waals surface area (Å²) in [6.07, 6.45) is 0. The van der Waals surface area contributed by atoms with E-state index < -0.39 is 0 Å². The van der Waals surface area contributed by atoms with Gasteiger partial charge in [-0.1, -0.05) is 42.1 Å². The third-order valence-electron chi connectivity index (χ3n) is 5.78. The van der Waals surface area contributed by atoms with Gasteiger partial charge in [0.15, 0.2) is 5.16 Å². The van der Waals surface area contributed by atoms with Crippen molar-refractivity contribution < 1.29 is 9.47 Å². The molecule has 5 aromatic rings. The Hall–Kier alpha value is -3.78. The van der Waals surface area contributed by atoms with Crippen molar-refractivity contribution in [1.29, 1.82) is 0 Å². The minimum Gasteiger partial charge on any atom is -0.494 e. The van der Waals surface area contributed by atoms with E-state index in [1.54, 1.807) is 16.3 Å². The standard InChI is InChI=1S/C27H26N4O3S/c1-4-33-20-12-14-21(15-13-20)34-16-17-35-27-29-28-26-30(27)23-11-6-5-10-22(23)25(32)31(26)24-18(2)8-7-9-19(24)3/h5-15H,4,16-17H2,1-3H3. The van der Waals surface area contributed by atoms with Crippen LogP contribution in [-0.2, 0) is 0 Å². The molecular weight excluding hydrogens is 460 g/mol. The van der Waals surface area contributed by atoms with Gasteiger partial charge in [-0.2, -0.15) is 0 Å². The van der Waals surface area contributed by atoms with Gasteiger partial charge in [0.05, 0.1) is 29.8 Å². The predicted octanol–water partition coefficient (Wildman–Crippen LogP) is 5.22. The summed E-state index contributed by atoms with van der Waals surface area (Å²) in [5.74, 6) is 2.78. The number of aromatic nitrogens is 4. The molecule has 178 valence electrons. The summed E-state index contributed by atoms with van der Waals surface area (Å²) in [6.45, 7) is 7.10. The first-order valence-electron chi connectivity index (χ1n) is 11.5. The van der Waals surface area contributed by atoms with Gasteiger partial charge in [0, 0.05) is 5.75 Å². The lowest BCUT2D eigenvalue weighted by Gasteiger charge is -2.15. The van der Waals surface area contributed by atoms with Crippen LogP contribution in [0.25, 0.3) is 22.4 Å². The number of para-hydroxylation sites is 2. The molecule has 0 atom stereocenters. The highest BCUT2D eigenvalue weighted by Crippen LogP contribution is 2.26. The van der Waals surface area contributed by atoms with Gasteiger partial charge in [-0.05, 0) is 68.3 Å². The maximum atomic E-state index is 13.6. The van der Waals surface area contributed by atoms with E-state index >= 15 is 0 Å². The second-order valence-electron chi connectivity index (χ2n) is 8.12. The van der Waals surface area contributed by atoms with Crippen LogP contribution >= 0.6 is 11.8 Å². The zero-order valence-electron chi connectivity index (χ0n) is 19.9. The van der Waals surface area contributed by atoms with Crippen LogP contribution in [0, 0.1) is 13.8 Å². The molecule has 0 fully saturated rings. The summed E-state index contributed by atoms with van der Waals surface area (Å²) in [7, 11) is 0. The predicted molar refractivity (Wildman–Crippen MR) is 139 cm³/mol. The molecule has 0 spiro atoms. The van der Waals surface area contributed by atoms with Gasteiger partial charge in [-0.15, -0.1) is 10.2 Å². The number of ether oxygens (including phenoxy) is 2. The van der Waals surface area contributed by atoms with Crippen LogP contribution in [0.15, 0.2) is 76.7 Å². The van der Waals surface area contributed by atoms with Gasteiger partial charge in [0.25, 0.3) is 5.56 Å². The monoisotopic (exact) mass is 486 g/mol. The maximum Gasteiger partial charge on any atom is 0.267 e. The van der Waals surface area contributed by atoms with E-state index in [4.69, 9.17) is 9.47 Å². The Labute approximate surface area is 207 Å². The Morgan fingerprint density at radius 2 is 1.54 bits per heavy atom. The minimum absolute atomic E-state index is 0.103. The average Bonchev–Trinajstić information content (AvgIpc) is 3.28. The minimum atomic E-state index is -0.103. The van der Waals surface area contributed by atoms with Crippen molar-refractivity contribution in [3.63, 3.8) is 0 Å². The summed E-state index contributed by atoms with van der Waals surface area (Å²) in [5, 5.41) is 10.2. The van der Waals surface area contributed by atoms with Gasteiger partial charge < -0.3 is 9.47 Å². The Morgan fingerprint density at radius 1 is 0.857 bits per heavy atom. The summed E-state index contributed by atoms with van der Waals surface area (Å²) in [6, 6.07) is 21.2. The Morgan fingerprint density at radius 3 is 2.26 bits per heavy atom. The summed E-state index contributed by atoms with van der Waals surface area (Å²) in [4.78, 5) is 13.6. The Bertz CT molecular complexity index is 1540. The quantitative estimate of drug-likeness (QED) is 0.221. The number of hydrogen-bond donors (Lipinski definition) is 0. The topological polar surface area (TPSA) is 70.7 Å². The average molecular weight is 487 g/mol. The van der Waals surface area contributed by atoms with Crippen LogP contribution < -0.4 is 15.0 Å². The molecule has 2 aromatic heterocycles. The first-order valence-corrected chi connectivity index (χ1v) is 12.5. The van der Waals surface area contributed by atoms with Crippen molar-refractivity contribution in [2.45, 2.75) is 25.9 Å².